The van der Waals surface area contributed by atoms with Crippen molar-refractivity contribution in [2.45, 2.75) is 44.1 Å². The van der Waals surface area contributed by atoms with E-state index in [0.29, 0.717) is 6.29 Å². The van der Waals surface area contributed by atoms with Crippen molar-refractivity contribution in [2.24, 2.45) is 17.8 Å². The number of carbonyl (C=O) groups excluding carboxylic acids is 2. The highest BCUT2D eigenvalue weighted by molar-refractivity contribution is 6.23. The third-order valence-electron chi connectivity index (χ3n) is 4.53. The highest BCUT2D eigenvalue weighted by Gasteiger charge is 2.51. The average Bonchev–Trinajstić information content (AvgIpc) is 2.14. The summed E-state index contributed by atoms with van der Waals surface area (Å²) in [6, 6.07) is 0. The first-order chi connectivity index (χ1) is 7.19. The molecule has 0 atom stereocenters. The first kappa shape index (κ1) is 9.37. The molecule has 4 aliphatic carbocycles. The third-order valence-corrected chi connectivity index (χ3v) is 4.53. The van der Waals surface area contributed by atoms with E-state index in [1.54, 1.807) is 0 Å². The molecule has 82 valence electrons. The van der Waals surface area contributed by atoms with Gasteiger partial charge >= 0.3 is 0 Å². The molecule has 0 aromatic carbocycles. The maximum atomic E-state index is 11.2. The minimum atomic E-state index is -0.419. The number of nitrogens with one attached hydrogen (secondary N) is 1. The van der Waals surface area contributed by atoms with Gasteiger partial charge in [-0.25, -0.2) is 0 Å². The Morgan fingerprint density at radius 2 is 1.53 bits per heavy atom. The topological polar surface area (TPSA) is 46.2 Å². The zero-order valence-corrected chi connectivity index (χ0v) is 8.87. The average molecular weight is 207 g/mol. The summed E-state index contributed by atoms with van der Waals surface area (Å²) in [5, 5.41) is 2.97. The second-order valence-corrected chi connectivity index (χ2v) is 5.80. The van der Waals surface area contributed by atoms with E-state index < -0.39 is 5.91 Å². The lowest BCUT2D eigenvalue weighted by Crippen LogP contribution is -2.60. The van der Waals surface area contributed by atoms with Crippen molar-refractivity contribution in [3.05, 3.63) is 0 Å². The Balaban J connectivity index is 1.80. The van der Waals surface area contributed by atoms with E-state index in [0.717, 1.165) is 37.0 Å². The fourth-order valence-corrected chi connectivity index (χ4v) is 4.55. The summed E-state index contributed by atoms with van der Waals surface area (Å²) < 4.78 is 0. The third kappa shape index (κ3) is 1.48. The van der Waals surface area contributed by atoms with Crippen LogP contribution in [0, 0.1) is 17.8 Å². The Morgan fingerprint density at radius 1 is 1.07 bits per heavy atom. The first-order valence-electron chi connectivity index (χ1n) is 5.96. The van der Waals surface area contributed by atoms with Gasteiger partial charge in [0.1, 0.15) is 0 Å². The van der Waals surface area contributed by atoms with Crippen LogP contribution in [0.25, 0.3) is 0 Å². The van der Waals surface area contributed by atoms with E-state index in [4.69, 9.17) is 0 Å². The Hall–Kier alpha value is -0.860. The van der Waals surface area contributed by atoms with Crippen LogP contribution in [-0.4, -0.2) is 17.7 Å². The molecule has 1 N–H and O–H groups in total. The van der Waals surface area contributed by atoms with Gasteiger partial charge in [0, 0.05) is 5.54 Å². The van der Waals surface area contributed by atoms with Crippen LogP contribution in [0.1, 0.15) is 38.5 Å². The molecule has 4 bridgehead atoms. The molecule has 0 unspecified atom stereocenters. The van der Waals surface area contributed by atoms with Crippen molar-refractivity contribution in [3.63, 3.8) is 0 Å². The van der Waals surface area contributed by atoms with Crippen molar-refractivity contribution < 1.29 is 9.59 Å². The summed E-state index contributed by atoms with van der Waals surface area (Å²) in [7, 11) is 0. The van der Waals surface area contributed by atoms with Crippen molar-refractivity contribution in [1.29, 1.82) is 0 Å². The molecule has 3 heteroatoms. The van der Waals surface area contributed by atoms with E-state index in [-0.39, 0.29) is 5.54 Å². The summed E-state index contributed by atoms with van der Waals surface area (Å²) in [6.07, 6.45) is 7.82. The van der Waals surface area contributed by atoms with E-state index in [9.17, 15) is 9.59 Å². The molecule has 4 rings (SSSR count). The summed E-state index contributed by atoms with van der Waals surface area (Å²) in [6.45, 7) is 0. The van der Waals surface area contributed by atoms with Crippen LogP contribution < -0.4 is 5.32 Å². The van der Waals surface area contributed by atoms with Gasteiger partial charge in [0.15, 0.2) is 0 Å². The molecule has 1 amide bonds. The van der Waals surface area contributed by atoms with E-state index in [2.05, 4.69) is 5.32 Å². The van der Waals surface area contributed by atoms with Crippen molar-refractivity contribution in [3.8, 4) is 0 Å². The standard InChI is InChI=1S/C12H17NO2/c14-7-11(15)13-12-4-8-1-9(5-12)3-10(2-8)6-12/h7-10H,1-6H2,(H,13,15). The van der Waals surface area contributed by atoms with E-state index >= 15 is 0 Å². The zero-order chi connectivity index (χ0) is 10.5. The number of hydrogen-bond acceptors (Lipinski definition) is 2. The van der Waals surface area contributed by atoms with Crippen LogP contribution in [0.2, 0.25) is 0 Å². The Bertz CT molecular complexity index is 275. The second-order valence-electron chi connectivity index (χ2n) is 5.80. The van der Waals surface area contributed by atoms with Crippen LogP contribution in [0.4, 0.5) is 0 Å². The van der Waals surface area contributed by atoms with Crippen LogP contribution in [-0.2, 0) is 9.59 Å². The van der Waals surface area contributed by atoms with Crippen molar-refractivity contribution >= 4 is 12.2 Å². The normalized spacial score (nSPS) is 46.5. The Morgan fingerprint density at radius 3 is 1.93 bits per heavy atom. The van der Waals surface area contributed by atoms with Crippen LogP contribution in [0.3, 0.4) is 0 Å². The molecular weight excluding hydrogens is 190 g/mol. The van der Waals surface area contributed by atoms with Crippen LogP contribution in [0.15, 0.2) is 0 Å². The van der Waals surface area contributed by atoms with Gasteiger partial charge in [-0.2, -0.15) is 0 Å². The monoisotopic (exact) mass is 207 g/mol. The maximum absolute atomic E-state index is 11.2. The lowest BCUT2D eigenvalue weighted by molar-refractivity contribution is -0.135. The second kappa shape index (κ2) is 3.06. The predicted molar refractivity (Wildman–Crippen MR) is 55.1 cm³/mol. The minimum Gasteiger partial charge on any atom is -0.344 e. The summed E-state index contributed by atoms with van der Waals surface area (Å²) in [5.74, 6) is 2.01. The number of aldehydes is 1. The number of rotatable bonds is 2. The van der Waals surface area contributed by atoms with Gasteiger partial charge in [-0.05, 0) is 56.3 Å². The van der Waals surface area contributed by atoms with Gasteiger partial charge in [-0.1, -0.05) is 0 Å². The molecule has 0 aliphatic heterocycles. The highest BCUT2D eigenvalue weighted by Crippen LogP contribution is 2.55. The predicted octanol–water partition coefficient (Wildman–Crippen LogP) is 1.27. The lowest BCUT2D eigenvalue weighted by atomic mass is 9.53. The SMILES string of the molecule is O=CC(=O)NC12CC3CC(CC(C3)C1)C2. The van der Waals surface area contributed by atoms with Crippen molar-refractivity contribution in [1.82, 2.24) is 5.32 Å². The molecule has 4 aliphatic rings. The molecule has 0 saturated heterocycles. The molecule has 0 radical (unpaired) electrons. The highest BCUT2D eigenvalue weighted by atomic mass is 16.2. The zero-order valence-electron chi connectivity index (χ0n) is 8.87. The van der Waals surface area contributed by atoms with Crippen LogP contribution in [0.5, 0.6) is 0 Å². The molecule has 0 heterocycles. The van der Waals surface area contributed by atoms with Crippen LogP contribution >= 0.6 is 0 Å². The van der Waals surface area contributed by atoms with Gasteiger partial charge in [0.2, 0.25) is 6.29 Å². The van der Waals surface area contributed by atoms with Gasteiger partial charge in [0.25, 0.3) is 5.91 Å². The van der Waals surface area contributed by atoms with Crippen molar-refractivity contribution in [2.75, 3.05) is 0 Å². The van der Waals surface area contributed by atoms with E-state index in [1.807, 2.05) is 0 Å². The fourth-order valence-electron chi connectivity index (χ4n) is 4.55. The van der Waals surface area contributed by atoms with Gasteiger partial charge < -0.3 is 5.32 Å². The molecule has 15 heavy (non-hydrogen) atoms. The quantitative estimate of drug-likeness (QED) is 0.547. The summed E-state index contributed by atoms with van der Waals surface area (Å²) in [4.78, 5) is 21.6. The van der Waals surface area contributed by atoms with Gasteiger partial charge in [-0.15, -0.1) is 0 Å². The Labute approximate surface area is 89.6 Å². The summed E-state index contributed by atoms with van der Waals surface area (Å²) in [5.41, 5.74) is -0.00720. The van der Waals surface area contributed by atoms with Gasteiger partial charge in [0.05, 0.1) is 0 Å². The molecule has 4 fully saturated rings. The summed E-state index contributed by atoms with van der Waals surface area (Å²) >= 11 is 0. The number of hydrogen-bond donors (Lipinski definition) is 1. The van der Waals surface area contributed by atoms with Gasteiger partial charge in [-0.3, -0.25) is 9.59 Å². The lowest BCUT2D eigenvalue weighted by Gasteiger charge is -2.56. The number of carbonyl (C=O) groups is 2. The van der Waals surface area contributed by atoms with E-state index in [1.165, 1.54) is 19.3 Å². The molecule has 4 saturated carbocycles. The smallest absolute Gasteiger partial charge is 0.284 e. The number of amides is 1. The molecule has 3 nitrogen and oxygen atoms in total. The fraction of sp³-hybridized carbons (Fsp3) is 0.833. The molecule has 0 spiro atoms. The molecular formula is C12H17NO2. The maximum Gasteiger partial charge on any atom is 0.284 e. The largest absolute Gasteiger partial charge is 0.344 e. The Kier molecular flexibility index (Phi) is 1.91. The molecule has 0 aromatic heterocycles. The molecule has 0 aromatic rings. The first-order valence-corrected chi connectivity index (χ1v) is 5.96. The minimum absolute atomic E-state index is 0.00720.